The molecule has 0 spiro atoms. The second-order valence-corrected chi connectivity index (χ2v) is 11.2. The van der Waals surface area contributed by atoms with Crippen LogP contribution in [0, 0.1) is 5.82 Å². The number of nitrogens with one attached hydrogen (secondary N) is 1. The third-order valence-electron chi connectivity index (χ3n) is 4.69. The van der Waals surface area contributed by atoms with Crippen molar-refractivity contribution in [2.75, 3.05) is 18.1 Å². The highest BCUT2D eigenvalue weighted by molar-refractivity contribution is 7.96. The molecule has 0 aromatic heterocycles. The zero-order chi connectivity index (χ0) is 20.4. The lowest BCUT2D eigenvalue weighted by Gasteiger charge is -2.11. The Kier molecular flexibility index (Phi) is 5.85. The second kappa shape index (κ2) is 8.00. The molecule has 9 heteroatoms. The molecule has 1 aliphatic heterocycles. The zero-order valence-electron chi connectivity index (χ0n) is 15.0. The number of hydrogen-bond donors (Lipinski definition) is 1. The first-order chi connectivity index (χ1) is 13.2. The number of hydrogen-bond acceptors (Lipinski definition) is 5. The van der Waals surface area contributed by atoms with Gasteiger partial charge in [-0.3, -0.25) is 4.79 Å². The number of amides is 1. The summed E-state index contributed by atoms with van der Waals surface area (Å²) < 4.78 is 61.1. The molecule has 1 saturated heterocycles. The van der Waals surface area contributed by atoms with Gasteiger partial charge < -0.3 is 5.32 Å². The van der Waals surface area contributed by atoms with Crippen molar-refractivity contribution in [2.24, 2.45) is 0 Å². The number of sulfone groups is 2. The highest BCUT2D eigenvalue weighted by atomic mass is 32.2. The van der Waals surface area contributed by atoms with E-state index in [0.717, 1.165) is 5.56 Å². The van der Waals surface area contributed by atoms with Gasteiger partial charge in [-0.15, -0.1) is 0 Å². The van der Waals surface area contributed by atoms with Crippen LogP contribution in [0.1, 0.15) is 22.3 Å². The maximum absolute atomic E-state index is 12.9. The fraction of sp³-hybridized carbons (Fsp3) is 0.316. The summed E-state index contributed by atoms with van der Waals surface area (Å²) in [6, 6.07) is 11.5. The van der Waals surface area contributed by atoms with E-state index in [4.69, 9.17) is 0 Å². The lowest BCUT2D eigenvalue weighted by molar-refractivity contribution is 0.0954. The molecule has 1 N–H and O–H groups in total. The Bertz CT molecular complexity index is 1060. The third kappa shape index (κ3) is 4.77. The molecule has 3 rings (SSSR count). The zero-order valence-corrected chi connectivity index (χ0v) is 16.6. The Hall–Kier alpha value is -2.26. The standard InChI is InChI=1S/C19H20FNO5S2/c20-16-5-1-14(2-6-16)9-11-21-19(22)15-3-7-17(8-4-15)28(25,26)18-10-12-27(23,24)13-18/h1-8,18H,9-13H2,(H,21,22)/t18-/m0/s1. The van der Waals surface area contributed by atoms with Crippen LogP contribution in [0.15, 0.2) is 53.4 Å². The van der Waals surface area contributed by atoms with E-state index in [-0.39, 0.29) is 34.5 Å². The lowest BCUT2D eigenvalue weighted by atomic mass is 10.1. The summed E-state index contributed by atoms with van der Waals surface area (Å²) in [7, 11) is -7.06. The van der Waals surface area contributed by atoms with Crippen LogP contribution in [0.2, 0.25) is 0 Å². The molecule has 1 fully saturated rings. The molecule has 0 aliphatic carbocycles. The molecule has 150 valence electrons. The first-order valence-electron chi connectivity index (χ1n) is 8.74. The Morgan fingerprint density at radius 2 is 1.71 bits per heavy atom. The van der Waals surface area contributed by atoms with Gasteiger partial charge in [-0.05, 0) is 54.8 Å². The molecule has 28 heavy (non-hydrogen) atoms. The van der Waals surface area contributed by atoms with Gasteiger partial charge in [-0.25, -0.2) is 21.2 Å². The van der Waals surface area contributed by atoms with Crippen molar-refractivity contribution >= 4 is 25.6 Å². The average Bonchev–Trinajstić information content (AvgIpc) is 3.04. The van der Waals surface area contributed by atoms with Gasteiger partial charge in [0, 0.05) is 12.1 Å². The Morgan fingerprint density at radius 1 is 1.07 bits per heavy atom. The van der Waals surface area contributed by atoms with Crippen molar-refractivity contribution in [3.05, 3.63) is 65.5 Å². The summed E-state index contributed by atoms with van der Waals surface area (Å²) >= 11 is 0. The van der Waals surface area contributed by atoms with Crippen LogP contribution < -0.4 is 5.32 Å². The van der Waals surface area contributed by atoms with Crippen molar-refractivity contribution in [2.45, 2.75) is 23.0 Å². The van der Waals surface area contributed by atoms with Crippen LogP contribution in [0.5, 0.6) is 0 Å². The van der Waals surface area contributed by atoms with Gasteiger partial charge >= 0.3 is 0 Å². The molecule has 0 unspecified atom stereocenters. The summed E-state index contributed by atoms with van der Waals surface area (Å²) in [5.41, 5.74) is 1.19. The lowest BCUT2D eigenvalue weighted by Crippen LogP contribution is -2.26. The maximum Gasteiger partial charge on any atom is 0.251 e. The van der Waals surface area contributed by atoms with Crippen LogP contribution in [-0.4, -0.2) is 46.0 Å². The Balaban J connectivity index is 1.60. The van der Waals surface area contributed by atoms with Gasteiger partial charge in [0.05, 0.1) is 21.7 Å². The normalized spacial score (nSPS) is 18.7. The number of rotatable bonds is 6. The second-order valence-electron chi connectivity index (χ2n) is 6.73. The van der Waals surface area contributed by atoms with Gasteiger partial charge in [-0.2, -0.15) is 0 Å². The van der Waals surface area contributed by atoms with E-state index < -0.39 is 24.9 Å². The van der Waals surface area contributed by atoms with Crippen molar-refractivity contribution in [1.29, 1.82) is 0 Å². The fourth-order valence-electron chi connectivity index (χ4n) is 3.07. The van der Waals surface area contributed by atoms with E-state index in [2.05, 4.69) is 5.32 Å². The SMILES string of the molecule is O=C(NCCc1ccc(F)cc1)c1ccc(S(=O)(=O)[C@H]2CCS(=O)(=O)C2)cc1. The summed E-state index contributed by atoms with van der Waals surface area (Å²) in [6.45, 7) is 0.352. The average molecular weight is 426 g/mol. The van der Waals surface area contributed by atoms with Crippen molar-refractivity contribution in [1.82, 2.24) is 5.32 Å². The molecule has 1 atom stereocenters. The van der Waals surface area contributed by atoms with E-state index in [1.165, 1.54) is 36.4 Å². The minimum atomic E-state index is -3.75. The first kappa shape index (κ1) is 20.5. The predicted octanol–water partition coefficient (Wildman–Crippen LogP) is 1.76. The summed E-state index contributed by atoms with van der Waals surface area (Å²) in [5.74, 6) is -1.15. The minimum absolute atomic E-state index is 0.0115. The summed E-state index contributed by atoms with van der Waals surface area (Å²) in [4.78, 5) is 12.2. The monoisotopic (exact) mass is 425 g/mol. The van der Waals surface area contributed by atoms with Gasteiger partial charge in [0.2, 0.25) is 0 Å². The third-order valence-corrected chi connectivity index (χ3v) is 8.88. The van der Waals surface area contributed by atoms with Crippen LogP contribution in [0.25, 0.3) is 0 Å². The number of carbonyl (C=O) groups excluding carboxylic acids is 1. The predicted molar refractivity (Wildman–Crippen MR) is 103 cm³/mol. The van der Waals surface area contributed by atoms with Crippen LogP contribution in [-0.2, 0) is 26.1 Å². The van der Waals surface area contributed by atoms with E-state index in [1.54, 1.807) is 12.1 Å². The molecule has 1 amide bonds. The first-order valence-corrected chi connectivity index (χ1v) is 12.1. The van der Waals surface area contributed by atoms with Crippen molar-refractivity contribution in [3.8, 4) is 0 Å². The minimum Gasteiger partial charge on any atom is -0.352 e. The molecule has 0 saturated carbocycles. The molecule has 0 radical (unpaired) electrons. The Morgan fingerprint density at radius 3 is 2.29 bits per heavy atom. The quantitative estimate of drug-likeness (QED) is 0.761. The molecular weight excluding hydrogens is 405 g/mol. The van der Waals surface area contributed by atoms with Crippen LogP contribution >= 0.6 is 0 Å². The molecule has 2 aromatic carbocycles. The fourth-order valence-corrected chi connectivity index (χ4v) is 7.43. The number of benzene rings is 2. The van der Waals surface area contributed by atoms with Crippen molar-refractivity contribution in [3.63, 3.8) is 0 Å². The molecule has 6 nitrogen and oxygen atoms in total. The molecule has 2 aromatic rings. The summed E-state index contributed by atoms with van der Waals surface area (Å²) in [6.07, 6.45) is 0.630. The van der Waals surface area contributed by atoms with Crippen LogP contribution in [0.4, 0.5) is 4.39 Å². The smallest absolute Gasteiger partial charge is 0.251 e. The summed E-state index contributed by atoms with van der Waals surface area (Å²) in [5, 5.41) is 1.79. The maximum atomic E-state index is 12.9. The number of halogens is 1. The largest absolute Gasteiger partial charge is 0.352 e. The molecule has 0 bridgehead atoms. The van der Waals surface area contributed by atoms with Gasteiger partial charge in [0.25, 0.3) is 5.91 Å². The van der Waals surface area contributed by atoms with Crippen molar-refractivity contribution < 1.29 is 26.0 Å². The van der Waals surface area contributed by atoms with Crippen LogP contribution in [0.3, 0.4) is 0 Å². The molecule has 1 aliphatic rings. The molecular formula is C19H20FNO5S2. The highest BCUT2D eigenvalue weighted by Gasteiger charge is 2.37. The molecule has 1 heterocycles. The van der Waals surface area contributed by atoms with E-state index >= 15 is 0 Å². The van der Waals surface area contributed by atoms with Gasteiger partial charge in [0.1, 0.15) is 5.82 Å². The van der Waals surface area contributed by atoms with E-state index in [0.29, 0.717) is 18.5 Å². The topological polar surface area (TPSA) is 97.4 Å². The van der Waals surface area contributed by atoms with Gasteiger partial charge in [0.15, 0.2) is 19.7 Å². The van der Waals surface area contributed by atoms with E-state index in [9.17, 15) is 26.0 Å². The van der Waals surface area contributed by atoms with Gasteiger partial charge in [-0.1, -0.05) is 12.1 Å². The Labute approximate surface area is 163 Å². The van der Waals surface area contributed by atoms with E-state index in [1.807, 2.05) is 0 Å². The highest BCUT2D eigenvalue weighted by Crippen LogP contribution is 2.25. The number of carbonyl (C=O) groups is 1.